The van der Waals surface area contributed by atoms with Crippen LogP contribution in [0.3, 0.4) is 0 Å². The Balaban J connectivity index is 2.69. The number of carbonyl (C=O) groups is 1. The van der Waals surface area contributed by atoms with E-state index in [0.29, 0.717) is 17.1 Å². The van der Waals surface area contributed by atoms with E-state index >= 15 is 0 Å². The molecule has 16 heavy (non-hydrogen) atoms. The lowest BCUT2D eigenvalue weighted by molar-refractivity contribution is -0.117. The Hall–Kier alpha value is -0.840. The average molecular weight is 304 g/mol. The van der Waals surface area contributed by atoms with Crippen LogP contribution < -0.4 is 11.1 Å². The second-order valence-electron chi connectivity index (χ2n) is 3.25. The molecule has 86 valence electrons. The molecular formula is C11H12BrClN2O. The van der Waals surface area contributed by atoms with Crippen molar-refractivity contribution >= 4 is 39.1 Å². The van der Waals surface area contributed by atoms with Crippen molar-refractivity contribution in [3.8, 4) is 0 Å². The van der Waals surface area contributed by atoms with E-state index in [9.17, 15) is 4.79 Å². The van der Waals surface area contributed by atoms with Gasteiger partial charge in [0.05, 0.1) is 11.1 Å². The number of amides is 1. The normalized spacial score (nSPS) is 11.9. The van der Waals surface area contributed by atoms with Gasteiger partial charge in [-0.25, -0.2) is 0 Å². The smallest absolute Gasteiger partial charge is 0.241 e. The quantitative estimate of drug-likeness (QED) is 0.840. The Kier molecular flexibility index (Phi) is 4.99. The highest BCUT2D eigenvalue weighted by molar-refractivity contribution is 9.10. The first-order valence-corrected chi connectivity index (χ1v) is 5.84. The lowest BCUT2D eigenvalue weighted by Gasteiger charge is -2.10. The summed E-state index contributed by atoms with van der Waals surface area (Å²) < 4.78 is 0.780. The minimum atomic E-state index is -0.583. The van der Waals surface area contributed by atoms with Gasteiger partial charge in [-0.15, -0.1) is 6.58 Å². The molecule has 0 heterocycles. The van der Waals surface area contributed by atoms with Gasteiger partial charge in [0.2, 0.25) is 5.91 Å². The summed E-state index contributed by atoms with van der Waals surface area (Å²) in [4.78, 5) is 11.6. The van der Waals surface area contributed by atoms with Crippen LogP contribution in [0.1, 0.15) is 6.42 Å². The van der Waals surface area contributed by atoms with Crippen LogP contribution in [0, 0.1) is 0 Å². The van der Waals surface area contributed by atoms with Gasteiger partial charge in [-0.05, 0) is 40.5 Å². The van der Waals surface area contributed by atoms with Crippen LogP contribution in [0.2, 0.25) is 5.02 Å². The summed E-state index contributed by atoms with van der Waals surface area (Å²) in [6, 6.07) is 4.58. The number of hydrogen-bond donors (Lipinski definition) is 2. The van der Waals surface area contributed by atoms with Crippen molar-refractivity contribution in [1.29, 1.82) is 0 Å². The minimum absolute atomic E-state index is 0.252. The number of rotatable bonds is 4. The topological polar surface area (TPSA) is 55.1 Å². The summed E-state index contributed by atoms with van der Waals surface area (Å²) >= 11 is 9.16. The summed E-state index contributed by atoms with van der Waals surface area (Å²) in [5.41, 5.74) is 6.24. The third-order valence-corrected chi connectivity index (χ3v) is 3.18. The first-order valence-electron chi connectivity index (χ1n) is 4.67. The van der Waals surface area contributed by atoms with Gasteiger partial charge in [0.1, 0.15) is 0 Å². The van der Waals surface area contributed by atoms with Crippen LogP contribution in [-0.4, -0.2) is 11.9 Å². The van der Waals surface area contributed by atoms with E-state index in [-0.39, 0.29) is 5.91 Å². The summed E-state index contributed by atoms with van der Waals surface area (Å²) in [6.07, 6.45) is 2.05. The molecule has 1 aromatic carbocycles. The summed E-state index contributed by atoms with van der Waals surface area (Å²) in [5.74, 6) is -0.252. The molecule has 3 nitrogen and oxygen atoms in total. The molecule has 0 bridgehead atoms. The maximum absolute atomic E-state index is 11.6. The second kappa shape index (κ2) is 6.03. The third kappa shape index (κ3) is 3.63. The molecule has 0 radical (unpaired) electrons. The van der Waals surface area contributed by atoms with Gasteiger partial charge in [-0.3, -0.25) is 4.79 Å². The number of nitrogens with two attached hydrogens (primary N) is 1. The molecule has 1 aromatic rings. The van der Waals surface area contributed by atoms with Crippen LogP contribution in [0.4, 0.5) is 5.69 Å². The van der Waals surface area contributed by atoms with Crippen LogP contribution in [0.5, 0.6) is 0 Å². The number of benzene rings is 1. The van der Waals surface area contributed by atoms with Gasteiger partial charge in [-0.2, -0.15) is 0 Å². The third-order valence-electron chi connectivity index (χ3n) is 1.94. The van der Waals surface area contributed by atoms with Crippen molar-refractivity contribution in [3.05, 3.63) is 40.3 Å². The van der Waals surface area contributed by atoms with Gasteiger partial charge in [0.25, 0.3) is 0 Å². The monoisotopic (exact) mass is 302 g/mol. The molecule has 0 saturated carbocycles. The predicted molar refractivity (Wildman–Crippen MR) is 70.6 cm³/mol. The zero-order chi connectivity index (χ0) is 12.1. The summed E-state index contributed by atoms with van der Waals surface area (Å²) in [6.45, 7) is 3.53. The lowest BCUT2D eigenvalue weighted by Crippen LogP contribution is -2.35. The van der Waals surface area contributed by atoms with E-state index in [2.05, 4.69) is 27.8 Å². The van der Waals surface area contributed by atoms with Crippen molar-refractivity contribution in [3.63, 3.8) is 0 Å². The molecule has 1 amide bonds. The number of nitrogens with one attached hydrogen (secondary N) is 1. The Labute approximate surface area is 108 Å². The molecule has 1 atom stereocenters. The average Bonchev–Trinajstić information content (AvgIpc) is 2.24. The summed E-state index contributed by atoms with van der Waals surface area (Å²) in [7, 11) is 0. The van der Waals surface area contributed by atoms with Crippen LogP contribution >= 0.6 is 27.5 Å². The molecular weight excluding hydrogens is 291 g/mol. The molecule has 1 rings (SSSR count). The van der Waals surface area contributed by atoms with E-state index < -0.39 is 6.04 Å². The molecule has 3 N–H and O–H groups in total. The highest BCUT2D eigenvalue weighted by Crippen LogP contribution is 2.25. The molecule has 1 unspecified atom stereocenters. The molecule has 0 aromatic heterocycles. The molecule has 0 aliphatic carbocycles. The molecule has 0 saturated heterocycles. The molecule has 0 aliphatic rings. The molecule has 0 aliphatic heterocycles. The van der Waals surface area contributed by atoms with Gasteiger partial charge >= 0.3 is 0 Å². The van der Waals surface area contributed by atoms with Gasteiger partial charge in [0, 0.05) is 10.2 Å². The van der Waals surface area contributed by atoms with E-state index in [0.717, 1.165) is 4.47 Å². The number of anilines is 1. The van der Waals surface area contributed by atoms with Crippen molar-refractivity contribution < 1.29 is 4.79 Å². The van der Waals surface area contributed by atoms with Gasteiger partial charge in [-0.1, -0.05) is 17.7 Å². The fourth-order valence-corrected chi connectivity index (χ4v) is 1.52. The minimum Gasteiger partial charge on any atom is -0.325 e. The predicted octanol–water partition coefficient (Wildman–Crippen LogP) is 2.94. The first kappa shape index (κ1) is 13.2. The number of hydrogen-bond acceptors (Lipinski definition) is 2. The second-order valence-corrected chi connectivity index (χ2v) is 4.51. The van der Waals surface area contributed by atoms with Crippen molar-refractivity contribution in [2.75, 3.05) is 5.32 Å². The zero-order valence-corrected chi connectivity index (χ0v) is 10.9. The van der Waals surface area contributed by atoms with Crippen molar-refractivity contribution in [2.24, 2.45) is 5.73 Å². The molecule has 5 heteroatoms. The number of halogens is 2. The zero-order valence-electron chi connectivity index (χ0n) is 8.54. The van der Waals surface area contributed by atoms with Crippen LogP contribution in [0.25, 0.3) is 0 Å². The highest BCUT2D eigenvalue weighted by Gasteiger charge is 2.11. The number of carbonyl (C=O) groups excluding carboxylic acids is 1. The maximum atomic E-state index is 11.6. The fraction of sp³-hybridized carbons (Fsp3) is 0.182. The molecule has 0 spiro atoms. The van der Waals surface area contributed by atoms with Crippen LogP contribution in [-0.2, 0) is 4.79 Å². The van der Waals surface area contributed by atoms with Crippen LogP contribution in [0.15, 0.2) is 35.3 Å². The van der Waals surface area contributed by atoms with Gasteiger partial charge in [0.15, 0.2) is 0 Å². The fourth-order valence-electron chi connectivity index (χ4n) is 1.10. The van der Waals surface area contributed by atoms with E-state index in [1.807, 2.05) is 0 Å². The Morgan fingerprint density at radius 3 is 2.94 bits per heavy atom. The SMILES string of the molecule is C=CCC(N)C(=O)Nc1ccc(Br)c(Cl)c1. The Bertz CT molecular complexity index is 409. The Morgan fingerprint density at radius 2 is 2.38 bits per heavy atom. The highest BCUT2D eigenvalue weighted by atomic mass is 79.9. The van der Waals surface area contributed by atoms with Crippen molar-refractivity contribution in [1.82, 2.24) is 0 Å². The maximum Gasteiger partial charge on any atom is 0.241 e. The molecule has 0 fully saturated rings. The van der Waals surface area contributed by atoms with Crippen molar-refractivity contribution in [2.45, 2.75) is 12.5 Å². The van der Waals surface area contributed by atoms with E-state index in [4.69, 9.17) is 17.3 Å². The lowest BCUT2D eigenvalue weighted by atomic mass is 10.2. The largest absolute Gasteiger partial charge is 0.325 e. The Morgan fingerprint density at radius 1 is 1.69 bits per heavy atom. The summed E-state index contributed by atoms with van der Waals surface area (Å²) in [5, 5.41) is 3.21. The van der Waals surface area contributed by atoms with E-state index in [1.54, 1.807) is 24.3 Å². The standard InChI is InChI=1S/C11H12BrClN2O/c1-2-3-10(14)11(16)15-7-4-5-8(12)9(13)6-7/h2,4-6,10H,1,3,14H2,(H,15,16). The van der Waals surface area contributed by atoms with E-state index in [1.165, 1.54) is 0 Å². The first-order chi connectivity index (χ1) is 7.54. The van der Waals surface area contributed by atoms with Gasteiger partial charge < -0.3 is 11.1 Å².